The van der Waals surface area contributed by atoms with Crippen molar-refractivity contribution < 1.29 is 0 Å². The van der Waals surface area contributed by atoms with Crippen molar-refractivity contribution in [2.45, 2.75) is 24.1 Å². The number of aromatic nitrogens is 4. The number of likely N-dealkylation sites (tertiary alicyclic amines) is 1. The van der Waals surface area contributed by atoms with Crippen LogP contribution in [0.4, 0.5) is 5.82 Å². The quantitative estimate of drug-likeness (QED) is 0.694. The Hall–Kier alpha value is -2.12. The summed E-state index contributed by atoms with van der Waals surface area (Å²) in [4.78, 5) is 14.3. The van der Waals surface area contributed by atoms with E-state index >= 15 is 0 Å². The molecule has 2 atom stereocenters. The fourth-order valence-corrected chi connectivity index (χ4v) is 5.33. The van der Waals surface area contributed by atoms with Crippen LogP contribution in [0.15, 0.2) is 42.9 Å². The highest BCUT2D eigenvalue weighted by Crippen LogP contribution is 2.33. The van der Waals surface area contributed by atoms with Gasteiger partial charge in [-0.25, -0.2) is 14.6 Å². The third-order valence-corrected chi connectivity index (χ3v) is 6.86. The van der Waals surface area contributed by atoms with Crippen LogP contribution in [0, 0.1) is 0 Å². The highest BCUT2D eigenvalue weighted by Gasteiger charge is 2.38. The number of thioether (sulfide) groups is 1. The Balaban J connectivity index is 1.49. The van der Waals surface area contributed by atoms with E-state index in [-0.39, 0.29) is 0 Å². The van der Waals surface area contributed by atoms with Gasteiger partial charge in [-0.2, -0.15) is 16.9 Å². The van der Waals surface area contributed by atoms with Gasteiger partial charge in [0.2, 0.25) is 0 Å². The normalized spacial score (nSPS) is 23.5. The molecule has 0 radical (unpaired) electrons. The summed E-state index contributed by atoms with van der Waals surface area (Å²) in [6.45, 7) is 4.54. The van der Waals surface area contributed by atoms with Crippen molar-refractivity contribution in [3.63, 3.8) is 0 Å². The molecular weight excluding hydrogens is 356 g/mol. The molecule has 0 amide bonds. The van der Waals surface area contributed by atoms with Crippen molar-refractivity contribution in [3.8, 4) is 5.69 Å². The van der Waals surface area contributed by atoms with Gasteiger partial charge in [0.1, 0.15) is 12.1 Å². The van der Waals surface area contributed by atoms with Crippen LogP contribution >= 0.6 is 11.8 Å². The van der Waals surface area contributed by atoms with Gasteiger partial charge in [-0.1, -0.05) is 18.2 Å². The molecule has 0 N–H and O–H groups in total. The van der Waals surface area contributed by atoms with Gasteiger partial charge in [-0.05, 0) is 44.3 Å². The van der Waals surface area contributed by atoms with E-state index in [0.717, 1.165) is 35.6 Å². The number of para-hydroxylation sites is 1. The van der Waals surface area contributed by atoms with Crippen LogP contribution in [0.2, 0.25) is 0 Å². The molecule has 0 bridgehead atoms. The molecule has 0 saturated carbocycles. The van der Waals surface area contributed by atoms with E-state index in [1.807, 2.05) is 40.8 Å². The largest absolute Gasteiger partial charge is 0.353 e. The number of rotatable bonds is 4. The van der Waals surface area contributed by atoms with Crippen molar-refractivity contribution in [1.29, 1.82) is 0 Å². The first kappa shape index (κ1) is 17.0. The average molecular weight is 381 g/mol. The zero-order valence-corrected chi connectivity index (χ0v) is 16.3. The minimum atomic E-state index is 0.608. The van der Waals surface area contributed by atoms with Crippen molar-refractivity contribution in [3.05, 3.63) is 42.9 Å². The van der Waals surface area contributed by atoms with Gasteiger partial charge in [0.15, 0.2) is 5.65 Å². The van der Waals surface area contributed by atoms with Crippen molar-refractivity contribution in [1.82, 2.24) is 24.6 Å². The van der Waals surface area contributed by atoms with E-state index in [0.29, 0.717) is 11.3 Å². The predicted octanol–water partition coefficient (Wildman–Crippen LogP) is 2.83. The van der Waals surface area contributed by atoms with E-state index in [2.05, 4.69) is 43.3 Å². The molecule has 2 fully saturated rings. The summed E-state index contributed by atoms with van der Waals surface area (Å²) in [5, 5.41) is 6.26. The Morgan fingerprint density at radius 1 is 1.04 bits per heavy atom. The second-order valence-electron chi connectivity index (χ2n) is 7.32. The Bertz CT molecular complexity index is 921. The second kappa shape index (κ2) is 7.13. The Morgan fingerprint density at radius 2 is 1.85 bits per heavy atom. The summed E-state index contributed by atoms with van der Waals surface area (Å²) in [5.41, 5.74) is 1.90. The fourth-order valence-electron chi connectivity index (χ4n) is 4.43. The maximum Gasteiger partial charge on any atom is 0.168 e. The van der Waals surface area contributed by atoms with Crippen LogP contribution in [-0.2, 0) is 0 Å². The number of benzene rings is 1. The van der Waals surface area contributed by atoms with Crippen molar-refractivity contribution in [2.24, 2.45) is 0 Å². The van der Waals surface area contributed by atoms with Crippen LogP contribution in [0.5, 0.6) is 0 Å². The number of hydrogen-bond donors (Lipinski definition) is 0. The monoisotopic (exact) mass is 380 g/mol. The Labute approximate surface area is 163 Å². The van der Waals surface area contributed by atoms with E-state index < -0.39 is 0 Å². The molecule has 140 valence electrons. The molecule has 2 unspecified atom stereocenters. The van der Waals surface area contributed by atoms with Crippen molar-refractivity contribution in [2.75, 3.05) is 37.3 Å². The lowest BCUT2D eigenvalue weighted by Crippen LogP contribution is -2.40. The molecule has 1 aromatic carbocycles. The van der Waals surface area contributed by atoms with Gasteiger partial charge in [-0.3, -0.25) is 4.90 Å². The molecule has 7 heteroatoms. The molecule has 2 aromatic heterocycles. The van der Waals surface area contributed by atoms with E-state index in [1.165, 1.54) is 25.9 Å². The molecule has 6 nitrogen and oxygen atoms in total. The molecule has 27 heavy (non-hydrogen) atoms. The minimum absolute atomic E-state index is 0.608. The zero-order chi connectivity index (χ0) is 18.2. The zero-order valence-electron chi connectivity index (χ0n) is 15.5. The topological polar surface area (TPSA) is 50.1 Å². The lowest BCUT2D eigenvalue weighted by Gasteiger charge is -2.27. The average Bonchev–Trinajstić information content (AvgIpc) is 3.46. The highest BCUT2D eigenvalue weighted by atomic mass is 32.2. The number of nitrogens with zero attached hydrogens (tertiary/aromatic N) is 6. The molecule has 4 heterocycles. The van der Waals surface area contributed by atoms with Gasteiger partial charge < -0.3 is 4.90 Å². The second-order valence-corrected chi connectivity index (χ2v) is 8.39. The van der Waals surface area contributed by atoms with Crippen LogP contribution in [0.1, 0.15) is 12.8 Å². The van der Waals surface area contributed by atoms with Crippen LogP contribution in [0.3, 0.4) is 0 Å². The standard InChI is InChI=1S/C20H24N6S/c1-27-18-13-25(12-17(18)24-9-5-6-10-24)19-16-11-23-26(20(16)22-14-21-19)15-7-3-2-4-8-15/h2-4,7-8,11,14,17-18H,5-6,9-10,12-13H2,1H3. The molecule has 0 aliphatic carbocycles. The summed E-state index contributed by atoms with van der Waals surface area (Å²) >= 11 is 1.99. The lowest BCUT2D eigenvalue weighted by molar-refractivity contribution is 0.264. The van der Waals surface area contributed by atoms with Crippen LogP contribution in [0.25, 0.3) is 16.7 Å². The summed E-state index contributed by atoms with van der Waals surface area (Å²) in [6.07, 6.45) is 8.49. The Morgan fingerprint density at radius 3 is 2.63 bits per heavy atom. The SMILES string of the molecule is CSC1CN(c2ncnc3c2cnn3-c2ccccc2)CC1N1CCCC1. The summed E-state index contributed by atoms with van der Waals surface area (Å²) in [7, 11) is 0. The molecule has 5 rings (SSSR count). The number of anilines is 1. The molecule has 2 aliphatic rings. The summed E-state index contributed by atoms with van der Waals surface area (Å²) in [6, 6.07) is 10.8. The first-order valence-corrected chi connectivity index (χ1v) is 10.9. The minimum Gasteiger partial charge on any atom is -0.353 e. The first-order chi connectivity index (χ1) is 13.3. The molecule has 0 spiro atoms. The van der Waals surface area contributed by atoms with Crippen LogP contribution in [-0.4, -0.2) is 68.4 Å². The maximum absolute atomic E-state index is 4.66. The van der Waals surface area contributed by atoms with Gasteiger partial charge in [0.25, 0.3) is 0 Å². The maximum atomic E-state index is 4.66. The predicted molar refractivity (Wildman–Crippen MR) is 111 cm³/mol. The molecular formula is C20H24N6S. The molecule has 3 aromatic rings. The third kappa shape index (κ3) is 2.99. The number of hydrogen-bond acceptors (Lipinski definition) is 6. The van der Waals surface area contributed by atoms with Crippen molar-refractivity contribution >= 4 is 28.6 Å². The highest BCUT2D eigenvalue weighted by molar-refractivity contribution is 7.99. The van der Waals surface area contributed by atoms with Crippen LogP contribution < -0.4 is 4.90 Å². The van der Waals surface area contributed by atoms with Gasteiger partial charge in [-0.15, -0.1) is 0 Å². The third-order valence-electron chi connectivity index (χ3n) is 5.79. The fraction of sp³-hybridized carbons (Fsp3) is 0.450. The molecule has 2 aliphatic heterocycles. The van der Waals surface area contributed by atoms with Gasteiger partial charge >= 0.3 is 0 Å². The lowest BCUT2D eigenvalue weighted by atomic mass is 10.2. The number of fused-ring (bicyclic) bond motifs is 1. The van der Waals surface area contributed by atoms with E-state index in [1.54, 1.807) is 6.33 Å². The first-order valence-electron chi connectivity index (χ1n) is 9.61. The van der Waals surface area contributed by atoms with Gasteiger partial charge in [0.05, 0.1) is 17.3 Å². The Kier molecular flexibility index (Phi) is 4.49. The van der Waals surface area contributed by atoms with E-state index in [4.69, 9.17) is 0 Å². The molecule has 2 saturated heterocycles. The summed E-state index contributed by atoms with van der Waals surface area (Å²) in [5.74, 6) is 1.02. The van der Waals surface area contributed by atoms with Gasteiger partial charge in [0, 0.05) is 24.4 Å². The summed E-state index contributed by atoms with van der Waals surface area (Å²) < 4.78 is 1.90. The smallest absolute Gasteiger partial charge is 0.168 e. The van der Waals surface area contributed by atoms with E-state index in [9.17, 15) is 0 Å².